The van der Waals surface area contributed by atoms with Crippen LogP contribution in [-0.2, 0) is 9.47 Å². The first-order chi connectivity index (χ1) is 9.25. The van der Waals surface area contributed by atoms with Gasteiger partial charge in [-0.05, 0) is 37.1 Å². The largest absolute Gasteiger partial charge is 0.491 e. The van der Waals surface area contributed by atoms with Crippen LogP contribution in [0.2, 0.25) is 0 Å². The minimum absolute atomic E-state index is 0.314. The molecule has 0 unspecified atom stereocenters. The summed E-state index contributed by atoms with van der Waals surface area (Å²) in [6.07, 6.45) is 2.26. The molecule has 0 aliphatic carbocycles. The van der Waals surface area contributed by atoms with E-state index in [0.29, 0.717) is 24.3 Å². The van der Waals surface area contributed by atoms with Crippen molar-refractivity contribution in [2.24, 2.45) is 5.73 Å². The quantitative estimate of drug-likeness (QED) is 0.637. The number of hydrogen-bond donors (Lipinski definition) is 1. The van der Waals surface area contributed by atoms with Crippen molar-refractivity contribution >= 4 is 17.2 Å². The molecule has 1 aromatic carbocycles. The highest BCUT2D eigenvalue weighted by Crippen LogP contribution is 2.13. The Bertz CT molecular complexity index is 402. The summed E-state index contributed by atoms with van der Waals surface area (Å²) < 4.78 is 16.6. The van der Waals surface area contributed by atoms with Gasteiger partial charge in [-0.15, -0.1) is 0 Å². The lowest BCUT2D eigenvalue weighted by Crippen LogP contribution is -2.25. The normalized spacial score (nSPS) is 16.2. The summed E-state index contributed by atoms with van der Waals surface area (Å²) in [7, 11) is 0. The van der Waals surface area contributed by atoms with E-state index in [2.05, 4.69) is 0 Å². The number of benzene rings is 1. The van der Waals surface area contributed by atoms with E-state index in [0.717, 1.165) is 37.4 Å². The van der Waals surface area contributed by atoms with E-state index in [1.165, 1.54) is 0 Å². The molecule has 19 heavy (non-hydrogen) atoms. The molecule has 0 bridgehead atoms. The van der Waals surface area contributed by atoms with E-state index in [1.54, 1.807) is 0 Å². The minimum Gasteiger partial charge on any atom is -0.491 e. The Morgan fingerprint density at radius 2 is 1.89 bits per heavy atom. The molecule has 1 aromatic rings. The zero-order valence-corrected chi connectivity index (χ0v) is 11.7. The van der Waals surface area contributed by atoms with Crippen molar-refractivity contribution in [3.63, 3.8) is 0 Å². The average molecular weight is 281 g/mol. The van der Waals surface area contributed by atoms with Gasteiger partial charge in [0.25, 0.3) is 0 Å². The Morgan fingerprint density at radius 1 is 1.21 bits per heavy atom. The Balaban J connectivity index is 1.66. The van der Waals surface area contributed by atoms with E-state index in [4.69, 9.17) is 32.2 Å². The van der Waals surface area contributed by atoms with Crippen LogP contribution in [-0.4, -0.2) is 37.5 Å². The minimum atomic E-state index is 0.314. The lowest BCUT2D eigenvalue weighted by Gasteiger charge is -2.22. The van der Waals surface area contributed by atoms with Gasteiger partial charge in [-0.3, -0.25) is 0 Å². The van der Waals surface area contributed by atoms with Gasteiger partial charge >= 0.3 is 0 Å². The van der Waals surface area contributed by atoms with Crippen LogP contribution in [0.5, 0.6) is 5.75 Å². The Hall–Kier alpha value is -1.17. The second kappa shape index (κ2) is 7.43. The highest BCUT2D eigenvalue weighted by Gasteiger charge is 2.13. The molecule has 0 atom stereocenters. The Kier molecular flexibility index (Phi) is 5.57. The fourth-order valence-corrected chi connectivity index (χ4v) is 2.07. The Morgan fingerprint density at radius 3 is 2.53 bits per heavy atom. The summed E-state index contributed by atoms with van der Waals surface area (Å²) in [4.78, 5) is 0.398. The second-order valence-corrected chi connectivity index (χ2v) is 4.86. The summed E-state index contributed by atoms with van der Waals surface area (Å²) in [5.41, 5.74) is 6.38. The predicted octanol–water partition coefficient (Wildman–Crippen LogP) is 1.90. The molecule has 104 valence electrons. The van der Waals surface area contributed by atoms with Crippen molar-refractivity contribution in [2.75, 3.05) is 26.4 Å². The predicted molar refractivity (Wildman–Crippen MR) is 77.6 cm³/mol. The molecule has 4 nitrogen and oxygen atoms in total. The van der Waals surface area contributed by atoms with Crippen LogP contribution < -0.4 is 10.5 Å². The molecule has 0 amide bonds. The molecular weight excluding hydrogens is 262 g/mol. The van der Waals surface area contributed by atoms with Crippen LogP contribution in [0.4, 0.5) is 0 Å². The number of rotatable bonds is 6. The van der Waals surface area contributed by atoms with Gasteiger partial charge in [-0.2, -0.15) is 0 Å². The van der Waals surface area contributed by atoms with Gasteiger partial charge in [0.1, 0.15) is 17.3 Å². The number of hydrogen-bond acceptors (Lipinski definition) is 4. The first-order valence-electron chi connectivity index (χ1n) is 6.48. The molecule has 1 heterocycles. The highest BCUT2D eigenvalue weighted by molar-refractivity contribution is 7.80. The second-order valence-electron chi connectivity index (χ2n) is 4.42. The van der Waals surface area contributed by atoms with Gasteiger partial charge < -0.3 is 19.9 Å². The van der Waals surface area contributed by atoms with Crippen LogP contribution in [0.15, 0.2) is 24.3 Å². The molecule has 2 rings (SSSR count). The van der Waals surface area contributed by atoms with Gasteiger partial charge in [-0.1, -0.05) is 12.2 Å². The van der Waals surface area contributed by atoms with Crippen molar-refractivity contribution in [1.82, 2.24) is 0 Å². The van der Waals surface area contributed by atoms with Crippen molar-refractivity contribution < 1.29 is 14.2 Å². The molecule has 0 radical (unpaired) electrons. The van der Waals surface area contributed by atoms with E-state index in [9.17, 15) is 0 Å². The van der Waals surface area contributed by atoms with Crippen LogP contribution in [0.1, 0.15) is 18.4 Å². The third-order valence-electron chi connectivity index (χ3n) is 3.01. The van der Waals surface area contributed by atoms with E-state index >= 15 is 0 Å². The summed E-state index contributed by atoms with van der Waals surface area (Å²) in [6, 6.07) is 7.44. The van der Waals surface area contributed by atoms with Crippen LogP contribution >= 0.6 is 12.2 Å². The van der Waals surface area contributed by atoms with E-state index in [1.807, 2.05) is 24.3 Å². The molecule has 0 aromatic heterocycles. The lowest BCUT2D eigenvalue weighted by atomic mass is 10.2. The monoisotopic (exact) mass is 281 g/mol. The maximum atomic E-state index is 5.72. The fraction of sp³-hybridized carbons (Fsp3) is 0.500. The summed E-state index contributed by atoms with van der Waals surface area (Å²) in [6.45, 7) is 2.74. The van der Waals surface area contributed by atoms with E-state index in [-0.39, 0.29) is 0 Å². The molecule has 1 fully saturated rings. The third kappa shape index (κ3) is 4.78. The number of ether oxygens (including phenoxy) is 3. The molecule has 1 saturated heterocycles. The first kappa shape index (κ1) is 14.2. The summed E-state index contributed by atoms with van der Waals surface area (Å²) in [5, 5.41) is 0. The van der Waals surface area contributed by atoms with Crippen molar-refractivity contribution in [3.8, 4) is 5.75 Å². The maximum Gasteiger partial charge on any atom is 0.119 e. The molecule has 1 aliphatic heterocycles. The smallest absolute Gasteiger partial charge is 0.119 e. The van der Waals surface area contributed by atoms with Crippen LogP contribution in [0.3, 0.4) is 0 Å². The van der Waals surface area contributed by atoms with Gasteiger partial charge in [0, 0.05) is 18.8 Å². The van der Waals surface area contributed by atoms with Crippen LogP contribution in [0.25, 0.3) is 0 Å². The third-order valence-corrected chi connectivity index (χ3v) is 3.25. The number of nitrogens with two attached hydrogens (primary N) is 1. The van der Waals surface area contributed by atoms with Crippen molar-refractivity contribution in [3.05, 3.63) is 29.8 Å². The molecule has 1 aliphatic rings. The average Bonchev–Trinajstić information content (AvgIpc) is 2.45. The maximum absolute atomic E-state index is 5.72. The van der Waals surface area contributed by atoms with Crippen molar-refractivity contribution in [2.45, 2.75) is 18.9 Å². The molecule has 0 saturated carbocycles. The standard InChI is InChI=1S/C14H19NO3S/c15-14(19)11-1-3-12(4-2-11)17-9-10-18-13-5-7-16-8-6-13/h1-4,13H,5-10H2,(H2,15,19). The zero-order chi connectivity index (χ0) is 13.5. The first-order valence-corrected chi connectivity index (χ1v) is 6.88. The topological polar surface area (TPSA) is 53.7 Å². The summed E-state index contributed by atoms with van der Waals surface area (Å²) >= 11 is 4.89. The Labute approximate surface area is 118 Å². The SMILES string of the molecule is NC(=S)c1ccc(OCCOC2CCOCC2)cc1. The molecule has 2 N–H and O–H groups in total. The molecule has 5 heteroatoms. The van der Waals surface area contributed by atoms with Crippen molar-refractivity contribution in [1.29, 1.82) is 0 Å². The van der Waals surface area contributed by atoms with Gasteiger partial charge in [0.2, 0.25) is 0 Å². The van der Waals surface area contributed by atoms with Crippen LogP contribution in [0, 0.1) is 0 Å². The zero-order valence-electron chi connectivity index (χ0n) is 10.8. The molecular formula is C14H19NO3S. The van der Waals surface area contributed by atoms with Gasteiger partial charge in [-0.25, -0.2) is 0 Å². The molecule has 0 spiro atoms. The van der Waals surface area contributed by atoms with E-state index < -0.39 is 0 Å². The fourth-order valence-electron chi connectivity index (χ4n) is 1.93. The number of thiocarbonyl (C=S) groups is 1. The van der Waals surface area contributed by atoms with Gasteiger partial charge in [0.05, 0.1) is 12.7 Å². The van der Waals surface area contributed by atoms with Gasteiger partial charge in [0.15, 0.2) is 0 Å². The highest BCUT2D eigenvalue weighted by atomic mass is 32.1. The summed E-state index contributed by atoms with van der Waals surface area (Å²) in [5.74, 6) is 0.801. The lowest BCUT2D eigenvalue weighted by molar-refractivity contribution is -0.0388.